The van der Waals surface area contributed by atoms with Gasteiger partial charge in [-0.2, -0.15) is 5.10 Å². The smallest absolute Gasteiger partial charge is 0.224 e. The molecule has 0 radical (unpaired) electrons. The average Bonchev–Trinajstić information content (AvgIpc) is 2.69. The van der Waals surface area contributed by atoms with Gasteiger partial charge in [0.1, 0.15) is 0 Å². The van der Waals surface area contributed by atoms with E-state index in [1.54, 1.807) is 6.07 Å². The van der Waals surface area contributed by atoms with Gasteiger partial charge in [-0.15, -0.1) is 0 Å². The number of carbonyl (C=O) groups is 1. The molecule has 1 heterocycles. The van der Waals surface area contributed by atoms with Gasteiger partial charge in [0.15, 0.2) is 0 Å². The summed E-state index contributed by atoms with van der Waals surface area (Å²) < 4.78 is 1.93. The summed E-state index contributed by atoms with van der Waals surface area (Å²) in [5.41, 5.74) is 4.23. The topological polar surface area (TPSA) is 46.9 Å². The van der Waals surface area contributed by atoms with E-state index < -0.39 is 0 Å². The maximum absolute atomic E-state index is 11.9. The Hall–Kier alpha value is -1.81. The second-order valence-corrected chi connectivity index (χ2v) is 5.54. The summed E-state index contributed by atoms with van der Waals surface area (Å²) in [6.07, 6.45) is 0.301. The van der Waals surface area contributed by atoms with Crippen molar-refractivity contribution in [2.75, 3.05) is 6.54 Å². The molecule has 0 aliphatic carbocycles. The van der Waals surface area contributed by atoms with Crippen LogP contribution in [0.4, 0.5) is 0 Å². The second-order valence-electron chi connectivity index (χ2n) is 5.14. The molecule has 1 amide bonds. The van der Waals surface area contributed by atoms with Crippen molar-refractivity contribution in [3.05, 3.63) is 51.8 Å². The monoisotopic (exact) mass is 305 g/mol. The normalized spacial score (nSPS) is 10.7. The summed E-state index contributed by atoms with van der Waals surface area (Å²) in [6.45, 7) is 7.33. The van der Waals surface area contributed by atoms with Crippen LogP contribution in [0.15, 0.2) is 24.3 Å². The van der Waals surface area contributed by atoms with Crippen LogP contribution in [-0.4, -0.2) is 22.2 Å². The van der Waals surface area contributed by atoms with Crippen LogP contribution in [0, 0.1) is 20.8 Å². The van der Waals surface area contributed by atoms with E-state index in [0.29, 0.717) is 24.5 Å². The number of nitrogens with one attached hydrogen (secondary N) is 1. The fourth-order valence-electron chi connectivity index (χ4n) is 2.18. The summed E-state index contributed by atoms with van der Waals surface area (Å²) in [5, 5.41) is 7.98. The fraction of sp³-hybridized carbons (Fsp3) is 0.375. The zero-order valence-electron chi connectivity index (χ0n) is 12.6. The predicted molar refractivity (Wildman–Crippen MR) is 84.6 cm³/mol. The lowest BCUT2D eigenvalue weighted by Gasteiger charge is -2.08. The van der Waals surface area contributed by atoms with E-state index in [1.807, 2.05) is 36.7 Å². The highest BCUT2D eigenvalue weighted by atomic mass is 35.5. The molecule has 1 N–H and O–H groups in total. The van der Waals surface area contributed by atoms with Gasteiger partial charge in [-0.1, -0.05) is 29.8 Å². The summed E-state index contributed by atoms with van der Waals surface area (Å²) in [4.78, 5) is 11.9. The molecule has 1 aromatic carbocycles. The Morgan fingerprint density at radius 1 is 1.29 bits per heavy atom. The van der Waals surface area contributed by atoms with Gasteiger partial charge in [-0.3, -0.25) is 9.48 Å². The zero-order chi connectivity index (χ0) is 15.4. The number of rotatable bonds is 5. The van der Waals surface area contributed by atoms with Crippen LogP contribution in [0.2, 0.25) is 5.02 Å². The van der Waals surface area contributed by atoms with Gasteiger partial charge >= 0.3 is 0 Å². The SMILES string of the molecule is Cc1nn(CCNC(=O)Cc2ccccc2Cl)c(C)c1C. The number of hydrogen-bond donors (Lipinski definition) is 1. The summed E-state index contributed by atoms with van der Waals surface area (Å²) in [7, 11) is 0. The van der Waals surface area contributed by atoms with Crippen molar-refractivity contribution in [3.8, 4) is 0 Å². The second kappa shape index (κ2) is 6.76. The van der Waals surface area contributed by atoms with Crippen molar-refractivity contribution < 1.29 is 4.79 Å². The van der Waals surface area contributed by atoms with E-state index in [0.717, 1.165) is 17.0 Å². The molecule has 0 aliphatic heterocycles. The van der Waals surface area contributed by atoms with E-state index in [4.69, 9.17) is 11.6 Å². The van der Waals surface area contributed by atoms with Gasteiger partial charge in [0, 0.05) is 17.3 Å². The molecular formula is C16H20ClN3O. The third kappa shape index (κ3) is 3.85. The highest BCUT2D eigenvalue weighted by molar-refractivity contribution is 6.31. The van der Waals surface area contributed by atoms with Crippen molar-refractivity contribution in [2.24, 2.45) is 0 Å². The van der Waals surface area contributed by atoms with Crippen molar-refractivity contribution in [3.63, 3.8) is 0 Å². The first-order valence-corrected chi connectivity index (χ1v) is 7.37. The minimum absolute atomic E-state index is 0.0265. The van der Waals surface area contributed by atoms with Gasteiger partial charge in [-0.25, -0.2) is 0 Å². The molecule has 21 heavy (non-hydrogen) atoms. The Bertz CT molecular complexity index is 649. The van der Waals surface area contributed by atoms with Crippen molar-refractivity contribution in [2.45, 2.75) is 33.7 Å². The van der Waals surface area contributed by atoms with Gasteiger partial charge in [0.25, 0.3) is 0 Å². The van der Waals surface area contributed by atoms with E-state index >= 15 is 0 Å². The highest BCUT2D eigenvalue weighted by Gasteiger charge is 2.08. The number of hydrogen-bond acceptors (Lipinski definition) is 2. The molecular weight excluding hydrogens is 286 g/mol. The first-order chi connectivity index (χ1) is 9.99. The van der Waals surface area contributed by atoms with Crippen LogP contribution in [0.3, 0.4) is 0 Å². The number of amides is 1. The molecule has 0 saturated heterocycles. The number of nitrogens with zero attached hydrogens (tertiary/aromatic N) is 2. The minimum Gasteiger partial charge on any atom is -0.354 e. The van der Waals surface area contributed by atoms with E-state index in [9.17, 15) is 4.79 Å². The Morgan fingerprint density at radius 3 is 2.62 bits per heavy atom. The standard InChI is InChI=1S/C16H20ClN3O/c1-11-12(2)19-20(13(11)3)9-8-18-16(21)10-14-6-4-5-7-15(14)17/h4-7H,8-10H2,1-3H3,(H,18,21). The van der Waals surface area contributed by atoms with E-state index in [1.165, 1.54) is 5.56 Å². The zero-order valence-corrected chi connectivity index (χ0v) is 13.4. The molecule has 112 valence electrons. The molecule has 0 atom stereocenters. The minimum atomic E-state index is -0.0265. The van der Waals surface area contributed by atoms with E-state index in [-0.39, 0.29) is 5.91 Å². The number of halogens is 1. The summed E-state index contributed by atoms with van der Waals surface area (Å²) in [5.74, 6) is -0.0265. The Kier molecular flexibility index (Phi) is 5.02. The summed E-state index contributed by atoms with van der Waals surface area (Å²) >= 11 is 6.05. The van der Waals surface area contributed by atoms with E-state index in [2.05, 4.69) is 17.3 Å². The molecule has 0 spiro atoms. The number of benzene rings is 1. The molecule has 5 heteroatoms. The van der Waals surface area contributed by atoms with Crippen LogP contribution < -0.4 is 5.32 Å². The molecule has 0 aliphatic rings. The Labute approximate surface area is 130 Å². The molecule has 0 fully saturated rings. The maximum Gasteiger partial charge on any atom is 0.224 e. The first kappa shape index (κ1) is 15.6. The van der Waals surface area contributed by atoms with Gasteiger partial charge in [-0.05, 0) is 38.0 Å². The fourth-order valence-corrected chi connectivity index (χ4v) is 2.39. The third-order valence-electron chi connectivity index (χ3n) is 3.70. The Balaban J connectivity index is 1.85. The number of carbonyl (C=O) groups excluding carboxylic acids is 1. The van der Waals surface area contributed by atoms with Crippen molar-refractivity contribution in [1.29, 1.82) is 0 Å². The number of aromatic nitrogens is 2. The lowest BCUT2D eigenvalue weighted by atomic mass is 10.1. The molecule has 0 bridgehead atoms. The maximum atomic E-state index is 11.9. The predicted octanol–water partition coefficient (Wildman–Crippen LogP) is 2.82. The van der Waals surface area contributed by atoms with Crippen LogP contribution in [-0.2, 0) is 17.8 Å². The third-order valence-corrected chi connectivity index (χ3v) is 4.07. The lowest BCUT2D eigenvalue weighted by Crippen LogP contribution is -2.29. The quantitative estimate of drug-likeness (QED) is 0.923. The van der Waals surface area contributed by atoms with Crippen LogP contribution >= 0.6 is 11.6 Å². The molecule has 2 rings (SSSR count). The molecule has 4 nitrogen and oxygen atoms in total. The van der Waals surface area contributed by atoms with Crippen molar-refractivity contribution in [1.82, 2.24) is 15.1 Å². The Morgan fingerprint density at radius 2 is 2.00 bits per heavy atom. The van der Waals surface area contributed by atoms with Crippen LogP contribution in [0.5, 0.6) is 0 Å². The molecule has 2 aromatic rings. The van der Waals surface area contributed by atoms with Crippen LogP contribution in [0.1, 0.15) is 22.5 Å². The van der Waals surface area contributed by atoms with Gasteiger partial charge in [0.2, 0.25) is 5.91 Å². The average molecular weight is 306 g/mol. The van der Waals surface area contributed by atoms with Crippen LogP contribution in [0.25, 0.3) is 0 Å². The summed E-state index contributed by atoms with van der Waals surface area (Å²) in [6, 6.07) is 7.40. The molecule has 1 aromatic heterocycles. The van der Waals surface area contributed by atoms with Gasteiger partial charge < -0.3 is 5.32 Å². The van der Waals surface area contributed by atoms with Gasteiger partial charge in [0.05, 0.1) is 18.7 Å². The largest absolute Gasteiger partial charge is 0.354 e. The molecule has 0 saturated carbocycles. The number of aryl methyl sites for hydroxylation is 1. The first-order valence-electron chi connectivity index (χ1n) is 6.99. The lowest BCUT2D eigenvalue weighted by molar-refractivity contribution is -0.120. The van der Waals surface area contributed by atoms with Crippen molar-refractivity contribution >= 4 is 17.5 Å². The highest BCUT2D eigenvalue weighted by Crippen LogP contribution is 2.15. The molecule has 0 unspecified atom stereocenters.